The summed E-state index contributed by atoms with van der Waals surface area (Å²) in [5.41, 5.74) is 7.70. The number of nitrogens with two attached hydrogens (primary N) is 1. The number of carbonyl (C=O) groups excluding carboxylic acids is 1. The minimum atomic E-state index is -0.0730. The first-order valence-electron chi connectivity index (χ1n) is 6.29. The highest BCUT2D eigenvalue weighted by Crippen LogP contribution is 2.16. The number of methoxy groups -OCH3 is 1. The molecule has 0 heterocycles. The largest absolute Gasteiger partial charge is 0.384 e. The molecule has 1 aromatic carbocycles. The van der Waals surface area contributed by atoms with Crippen LogP contribution >= 0.6 is 0 Å². The Hall–Kier alpha value is -1.39. The number of ether oxygens (including phenoxy) is 1. The van der Waals surface area contributed by atoms with Crippen molar-refractivity contribution in [1.29, 1.82) is 0 Å². The minimum Gasteiger partial charge on any atom is -0.384 e. The highest BCUT2D eigenvalue weighted by molar-refractivity contribution is 5.91. The number of benzene rings is 1. The van der Waals surface area contributed by atoms with Gasteiger partial charge in [0, 0.05) is 25.3 Å². The van der Waals surface area contributed by atoms with Crippen molar-refractivity contribution in [3.63, 3.8) is 0 Å². The molecule has 0 aliphatic rings. The zero-order chi connectivity index (χ0) is 13.4. The number of para-hydroxylation sites is 1. The fourth-order valence-electron chi connectivity index (χ4n) is 1.66. The van der Waals surface area contributed by atoms with Crippen LogP contribution in [0.2, 0.25) is 0 Å². The Kier molecular flexibility index (Phi) is 6.39. The van der Waals surface area contributed by atoms with Crippen molar-refractivity contribution in [2.24, 2.45) is 5.73 Å². The van der Waals surface area contributed by atoms with Gasteiger partial charge in [0.15, 0.2) is 0 Å². The van der Waals surface area contributed by atoms with Gasteiger partial charge in [0.2, 0.25) is 5.91 Å². The van der Waals surface area contributed by atoms with E-state index in [0.717, 1.165) is 24.1 Å². The molecule has 18 heavy (non-hydrogen) atoms. The first kappa shape index (κ1) is 14.7. The summed E-state index contributed by atoms with van der Waals surface area (Å²) in [5, 5.41) is 2.91. The number of hydrogen-bond acceptors (Lipinski definition) is 3. The molecule has 0 fully saturated rings. The molecule has 4 heteroatoms. The number of anilines is 1. The van der Waals surface area contributed by atoms with E-state index in [9.17, 15) is 4.79 Å². The Labute approximate surface area is 109 Å². The molecule has 0 bridgehead atoms. The topological polar surface area (TPSA) is 64.4 Å². The summed E-state index contributed by atoms with van der Waals surface area (Å²) in [7, 11) is 1.67. The predicted molar refractivity (Wildman–Crippen MR) is 73.5 cm³/mol. The van der Waals surface area contributed by atoms with Crippen molar-refractivity contribution < 1.29 is 9.53 Å². The smallest absolute Gasteiger partial charge is 0.225 e. The molecule has 1 amide bonds. The van der Waals surface area contributed by atoms with E-state index in [1.165, 1.54) is 0 Å². The van der Waals surface area contributed by atoms with Gasteiger partial charge in [-0.2, -0.15) is 0 Å². The van der Waals surface area contributed by atoms with E-state index in [0.29, 0.717) is 13.0 Å². The van der Waals surface area contributed by atoms with Gasteiger partial charge in [-0.25, -0.2) is 0 Å². The SMILES string of the molecule is CCC(N)CC(=O)Nc1ccccc1CCOC. The van der Waals surface area contributed by atoms with Crippen LogP contribution in [-0.4, -0.2) is 25.7 Å². The van der Waals surface area contributed by atoms with Gasteiger partial charge in [0.05, 0.1) is 6.61 Å². The highest BCUT2D eigenvalue weighted by atomic mass is 16.5. The molecule has 0 aromatic heterocycles. The van der Waals surface area contributed by atoms with Crippen molar-refractivity contribution in [1.82, 2.24) is 0 Å². The lowest BCUT2D eigenvalue weighted by molar-refractivity contribution is -0.116. The van der Waals surface area contributed by atoms with Gasteiger partial charge in [-0.05, 0) is 24.5 Å². The Bertz CT molecular complexity index is 380. The maximum absolute atomic E-state index is 11.8. The molecular weight excluding hydrogens is 228 g/mol. The first-order valence-corrected chi connectivity index (χ1v) is 6.29. The Morgan fingerprint density at radius 2 is 2.17 bits per heavy atom. The molecule has 4 nitrogen and oxygen atoms in total. The second-order valence-corrected chi connectivity index (χ2v) is 4.32. The Balaban J connectivity index is 2.62. The van der Waals surface area contributed by atoms with Crippen LogP contribution in [0.4, 0.5) is 5.69 Å². The molecule has 1 rings (SSSR count). The van der Waals surface area contributed by atoms with E-state index in [4.69, 9.17) is 10.5 Å². The number of nitrogens with one attached hydrogen (secondary N) is 1. The van der Waals surface area contributed by atoms with Crippen LogP contribution in [0.3, 0.4) is 0 Å². The van der Waals surface area contributed by atoms with Crippen LogP contribution in [0.5, 0.6) is 0 Å². The molecule has 0 saturated carbocycles. The zero-order valence-electron chi connectivity index (χ0n) is 11.1. The van der Waals surface area contributed by atoms with E-state index in [1.54, 1.807) is 7.11 Å². The van der Waals surface area contributed by atoms with Gasteiger partial charge in [0.1, 0.15) is 0 Å². The fourth-order valence-corrected chi connectivity index (χ4v) is 1.66. The summed E-state index contributed by atoms with van der Waals surface area (Å²) in [6, 6.07) is 7.69. The van der Waals surface area contributed by atoms with E-state index >= 15 is 0 Å². The Morgan fingerprint density at radius 1 is 1.44 bits per heavy atom. The van der Waals surface area contributed by atoms with Crippen molar-refractivity contribution >= 4 is 11.6 Å². The van der Waals surface area contributed by atoms with Crippen molar-refractivity contribution in [3.05, 3.63) is 29.8 Å². The fraction of sp³-hybridized carbons (Fsp3) is 0.500. The third kappa shape index (κ3) is 4.85. The van der Waals surface area contributed by atoms with Gasteiger partial charge in [0.25, 0.3) is 0 Å². The molecule has 0 spiro atoms. The van der Waals surface area contributed by atoms with Crippen LogP contribution < -0.4 is 11.1 Å². The molecule has 1 atom stereocenters. The number of amides is 1. The van der Waals surface area contributed by atoms with Crippen LogP contribution in [0.25, 0.3) is 0 Å². The molecule has 3 N–H and O–H groups in total. The normalized spacial score (nSPS) is 12.2. The van der Waals surface area contributed by atoms with Gasteiger partial charge < -0.3 is 15.8 Å². The van der Waals surface area contributed by atoms with Gasteiger partial charge in [-0.15, -0.1) is 0 Å². The van der Waals surface area contributed by atoms with Gasteiger partial charge in [-0.1, -0.05) is 25.1 Å². The summed E-state index contributed by atoms with van der Waals surface area (Å²) in [6.07, 6.45) is 1.95. The summed E-state index contributed by atoms with van der Waals surface area (Å²) >= 11 is 0. The minimum absolute atomic E-state index is 0.0331. The van der Waals surface area contributed by atoms with Crippen LogP contribution in [0.1, 0.15) is 25.3 Å². The van der Waals surface area contributed by atoms with Crippen LogP contribution in [-0.2, 0) is 16.0 Å². The average molecular weight is 250 g/mol. The third-order valence-corrected chi connectivity index (χ3v) is 2.84. The van der Waals surface area contributed by atoms with Crippen molar-refractivity contribution in [2.75, 3.05) is 19.0 Å². The average Bonchev–Trinajstić information content (AvgIpc) is 2.37. The Morgan fingerprint density at radius 3 is 2.83 bits per heavy atom. The molecular formula is C14H22N2O2. The van der Waals surface area contributed by atoms with Crippen LogP contribution in [0, 0.1) is 0 Å². The molecule has 100 valence electrons. The maximum atomic E-state index is 11.8. The summed E-state index contributed by atoms with van der Waals surface area (Å²) in [6.45, 7) is 2.62. The number of hydrogen-bond donors (Lipinski definition) is 2. The molecule has 0 radical (unpaired) electrons. The summed E-state index contributed by atoms with van der Waals surface area (Å²) in [4.78, 5) is 11.8. The van der Waals surface area contributed by atoms with Crippen molar-refractivity contribution in [2.45, 2.75) is 32.2 Å². The first-order chi connectivity index (χ1) is 8.67. The second kappa shape index (κ2) is 7.84. The van der Waals surface area contributed by atoms with E-state index in [2.05, 4.69) is 5.32 Å². The van der Waals surface area contributed by atoms with E-state index in [1.807, 2.05) is 31.2 Å². The molecule has 0 aliphatic heterocycles. The van der Waals surface area contributed by atoms with Crippen LogP contribution in [0.15, 0.2) is 24.3 Å². The maximum Gasteiger partial charge on any atom is 0.225 e. The van der Waals surface area contributed by atoms with E-state index < -0.39 is 0 Å². The lowest BCUT2D eigenvalue weighted by atomic mass is 10.1. The standard InChI is InChI=1S/C14H22N2O2/c1-3-12(15)10-14(17)16-13-7-5-4-6-11(13)8-9-18-2/h4-7,12H,3,8-10,15H2,1-2H3,(H,16,17). The second-order valence-electron chi connectivity index (χ2n) is 4.32. The highest BCUT2D eigenvalue weighted by Gasteiger charge is 2.09. The molecule has 1 aromatic rings. The zero-order valence-corrected chi connectivity index (χ0v) is 11.1. The van der Waals surface area contributed by atoms with Gasteiger partial charge in [-0.3, -0.25) is 4.79 Å². The van der Waals surface area contributed by atoms with E-state index in [-0.39, 0.29) is 11.9 Å². The number of carbonyl (C=O) groups is 1. The summed E-state index contributed by atoms with van der Waals surface area (Å²) < 4.78 is 5.05. The lowest BCUT2D eigenvalue weighted by Gasteiger charge is -2.12. The molecule has 1 unspecified atom stereocenters. The quantitative estimate of drug-likeness (QED) is 0.777. The number of rotatable bonds is 7. The molecule has 0 saturated heterocycles. The summed E-state index contributed by atoms with van der Waals surface area (Å²) in [5.74, 6) is -0.0331. The molecule has 0 aliphatic carbocycles. The monoisotopic (exact) mass is 250 g/mol. The van der Waals surface area contributed by atoms with Crippen molar-refractivity contribution in [3.8, 4) is 0 Å². The third-order valence-electron chi connectivity index (χ3n) is 2.84. The van der Waals surface area contributed by atoms with Gasteiger partial charge >= 0.3 is 0 Å². The lowest BCUT2D eigenvalue weighted by Crippen LogP contribution is -2.26. The predicted octanol–water partition coefficient (Wildman–Crippen LogP) is 1.94.